The van der Waals surface area contributed by atoms with Crippen LogP contribution in [0.4, 0.5) is 10.1 Å². The summed E-state index contributed by atoms with van der Waals surface area (Å²) in [6, 6.07) is 11.3. The molecule has 0 aliphatic rings. The molecule has 1 amide bonds. The minimum absolute atomic E-state index is 0.0368. The van der Waals surface area contributed by atoms with Gasteiger partial charge in [0, 0.05) is 35.9 Å². The van der Waals surface area contributed by atoms with E-state index >= 15 is 0 Å². The molecule has 0 aliphatic heterocycles. The Morgan fingerprint density at radius 3 is 2.50 bits per heavy atom. The van der Waals surface area contributed by atoms with Gasteiger partial charge in [0.25, 0.3) is 5.56 Å². The van der Waals surface area contributed by atoms with Crippen molar-refractivity contribution in [3.63, 3.8) is 0 Å². The lowest BCUT2D eigenvalue weighted by Gasteiger charge is -2.18. The molecule has 4 rings (SSSR count). The van der Waals surface area contributed by atoms with Gasteiger partial charge in [-0.2, -0.15) is 0 Å². The average molecular weight is 516 g/mol. The molecule has 3 heterocycles. The normalized spacial score (nSPS) is 11.6. The SMILES string of the molecule is CN[C@H](C)C(=O)Nc1ccc(-c2cnccc2OC)n(Cc2cncc(C(=O)c3ccc(F)cc3)c2)c1=O. The predicted molar refractivity (Wildman–Crippen MR) is 141 cm³/mol. The number of aromatic nitrogens is 3. The fourth-order valence-electron chi connectivity index (χ4n) is 3.84. The van der Waals surface area contributed by atoms with Crippen LogP contribution in [0.3, 0.4) is 0 Å². The summed E-state index contributed by atoms with van der Waals surface area (Å²) in [4.78, 5) is 47.4. The monoisotopic (exact) mass is 515 g/mol. The second kappa shape index (κ2) is 11.6. The van der Waals surface area contributed by atoms with Crippen molar-refractivity contribution in [3.8, 4) is 17.0 Å². The highest BCUT2D eigenvalue weighted by Crippen LogP contribution is 2.29. The summed E-state index contributed by atoms with van der Waals surface area (Å²) in [6.07, 6.45) is 6.12. The molecule has 38 heavy (non-hydrogen) atoms. The molecule has 0 bridgehead atoms. The molecule has 1 aromatic carbocycles. The van der Waals surface area contributed by atoms with Crippen LogP contribution in [0.5, 0.6) is 5.75 Å². The number of pyridine rings is 3. The van der Waals surface area contributed by atoms with Gasteiger partial charge in [0.05, 0.1) is 31.0 Å². The first-order chi connectivity index (χ1) is 18.3. The number of amides is 1. The molecule has 3 aromatic heterocycles. The van der Waals surface area contributed by atoms with Gasteiger partial charge in [-0.1, -0.05) is 0 Å². The second-order valence-electron chi connectivity index (χ2n) is 8.52. The van der Waals surface area contributed by atoms with Crippen molar-refractivity contribution in [2.24, 2.45) is 0 Å². The number of benzene rings is 1. The smallest absolute Gasteiger partial charge is 0.275 e. The Morgan fingerprint density at radius 2 is 1.79 bits per heavy atom. The number of nitrogens with one attached hydrogen (secondary N) is 2. The van der Waals surface area contributed by atoms with Crippen molar-refractivity contribution in [3.05, 3.63) is 106 Å². The van der Waals surface area contributed by atoms with Crippen molar-refractivity contribution in [2.45, 2.75) is 19.5 Å². The van der Waals surface area contributed by atoms with Crippen molar-refractivity contribution in [1.29, 1.82) is 0 Å². The van der Waals surface area contributed by atoms with Crippen LogP contribution in [0, 0.1) is 5.82 Å². The largest absolute Gasteiger partial charge is 0.496 e. The maximum atomic E-state index is 13.6. The highest BCUT2D eigenvalue weighted by Gasteiger charge is 2.19. The van der Waals surface area contributed by atoms with Gasteiger partial charge in [-0.25, -0.2) is 4.39 Å². The van der Waals surface area contributed by atoms with Crippen LogP contribution in [-0.4, -0.2) is 46.4 Å². The molecule has 0 saturated heterocycles. The molecule has 194 valence electrons. The van der Waals surface area contributed by atoms with Gasteiger partial charge in [0.2, 0.25) is 5.91 Å². The number of carbonyl (C=O) groups is 2. The first-order valence-corrected chi connectivity index (χ1v) is 11.8. The van der Waals surface area contributed by atoms with E-state index in [-0.39, 0.29) is 29.5 Å². The van der Waals surface area contributed by atoms with Crippen molar-refractivity contribution >= 4 is 17.4 Å². The van der Waals surface area contributed by atoms with Crippen molar-refractivity contribution in [1.82, 2.24) is 19.9 Å². The van der Waals surface area contributed by atoms with E-state index < -0.39 is 17.4 Å². The number of ketones is 1. The Balaban J connectivity index is 1.77. The van der Waals surface area contributed by atoms with Crippen LogP contribution in [0.15, 0.2) is 78.1 Å². The van der Waals surface area contributed by atoms with Gasteiger partial charge in [0.15, 0.2) is 5.78 Å². The lowest BCUT2D eigenvalue weighted by atomic mass is 10.0. The quantitative estimate of drug-likeness (QED) is 0.329. The van der Waals surface area contributed by atoms with E-state index in [0.717, 1.165) is 0 Å². The third kappa shape index (κ3) is 5.65. The van der Waals surface area contributed by atoms with E-state index in [0.29, 0.717) is 28.1 Å². The van der Waals surface area contributed by atoms with E-state index in [1.54, 1.807) is 50.8 Å². The maximum Gasteiger partial charge on any atom is 0.275 e. The van der Waals surface area contributed by atoms with Crippen molar-refractivity contribution in [2.75, 3.05) is 19.5 Å². The minimum Gasteiger partial charge on any atom is -0.496 e. The van der Waals surface area contributed by atoms with Crippen LogP contribution in [0.1, 0.15) is 28.4 Å². The lowest BCUT2D eigenvalue weighted by molar-refractivity contribution is -0.117. The van der Waals surface area contributed by atoms with Gasteiger partial charge in [0.1, 0.15) is 17.3 Å². The zero-order valence-corrected chi connectivity index (χ0v) is 21.1. The first-order valence-electron chi connectivity index (χ1n) is 11.8. The number of likely N-dealkylation sites (N-methyl/N-ethyl adjacent to an activating group) is 1. The van der Waals surface area contributed by atoms with Gasteiger partial charge < -0.3 is 19.9 Å². The third-order valence-electron chi connectivity index (χ3n) is 6.04. The number of carbonyl (C=O) groups excluding carboxylic acids is 2. The lowest BCUT2D eigenvalue weighted by Crippen LogP contribution is -2.37. The minimum atomic E-state index is -0.515. The van der Waals surface area contributed by atoms with Gasteiger partial charge in [-0.3, -0.25) is 24.4 Å². The van der Waals surface area contributed by atoms with E-state index in [1.165, 1.54) is 48.2 Å². The number of anilines is 1. The molecule has 0 unspecified atom stereocenters. The Morgan fingerprint density at radius 1 is 1.03 bits per heavy atom. The topological polar surface area (TPSA) is 115 Å². The molecule has 0 fully saturated rings. The number of hydrogen-bond donors (Lipinski definition) is 2. The highest BCUT2D eigenvalue weighted by atomic mass is 19.1. The average Bonchev–Trinajstić information content (AvgIpc) is 2.95. The Hall–Kier alpha value is -4.70. The highest BCUT2D eigenvalue weighted by molar-refractivity contribution is 6.08. The summed E-state index contributed by atoms with van der Waals surface area (Å²) < 4.78 is 20.2. The molecule has 1 atom stereocenters. The molecule has 0 spiro atoms. The predicted octanol–water partition coefficient (Wildman–Crippen LogP) is 3.28. The zero-order valence-electron chi connectivity index (χ0n) is 21.1. The number of rotatable bonds is 9. The molecule has 0 radical (unpaired) electrons. The number of ether oxygens (including phenoxy) is 1. The van der Waals surface area contributed by atoms with Gasteiger partial charge >= 0.3 is 0 Å². The number of halogens is 1. The summed E-state index contributed by atoms with van der Waals surface area (Å²) in [5.41, 5.74) is 1.86. The van der Waals surface area contributed by atoms with Gasteiger partial charge in [-0.15, -0.1) is 0 Å². The molecule has 0 aliphatic carbocycles. The Labute approximate surface area is 218 Å². The fraction of sp³-hybridized carbons (Fsp3) is 0.179. The molecular weight excluding hydrogens is 489 g/mol. The summed E-state index contributed by atoms with van der Waals surface area (Å²) in [7, 11) is 3.16. The van der Waals surface area contributed by atoms with Crippen LogP contribution in [-0.2, 0) is 11.3 Å². The van der Waals surface area contributed by atoms with Gasteiger partial charge in [-0.05, 0) is 68.1 Å². The van der Waals surface area contributed by atoms with Crippen LogP contribution < -0.4 is 20.9 Å². The standard InChI is InChI=1S/C28H26FN5O4/c1-17(30-2)27(36)33-23-8-9-24(22-15-31-11-10-25(22)38-3)34(28(23)37)16-18-12-20(14-32-13-18)26(35)19-4-6-21(29)7-5-19/h4-15,17,30H,16H2,1-3H3,(H,33,36)/t17-/m1/s1. The fourth-order valence-corrected chi connectivity index (χ4v) is 3.84. The van der Waals surface area contributed by atoms with E-state index in [9.17, 15) is 18.8 Å². The van der Waals surface area contributed by atoms with E-state index in [4.69, 9.17) is 4.74 Å². The van der Waals surface area contributed by atoms with E-state index in [1.807, 2.05) is 0 Å². The molecular formula is C28H26FN5O4. The number of methoxy groups -OCH3 is 1. The molecule has 0 saturated carbocycles. The number of nitrogens with zero attached hydrogens (tertiary/aromatic N) is 3. The molecule has 9 nitrogen and oxygen atoms in total. The van der Waals surface area contributed by atoms with Crippen LogP contribution in [0.2, 0.25) is 0 Å². The molecule has 10 heteroatoms. The summed E-state index contributed by atoms with van der Waals surface area (Å²) in [6.45, 7) is 1.72. The number of hydrogen-bond acceptors (Lipinski definition) is 7. The van der Waals surface area contributed by atoms with Crippen LogP contribution >= 0.6 is 0 Å². The van der Waals surface area contributed by atoms with E-state index in [2.05, 4.69) is 20.6 Å². The van der Waals surface area contributed by atoms with Crippen LogP contribution in [0.25, 0.3) is 11.3 Å². The van der Waals surface area contributed by atoms with Crippen molar-refractivity contribution < 1.29 is 18.7 Å². The molecule has 2 N–H and O–H groups in total. The second-order valence-corrected chi connectivity index (χ2v) is 8.52. The molecule has 4 aromatic rings. The Bertz CT molecular complexity index is 1540. The zero-order chi connectivity index (χ0) is 27.2. The summed E-state index contributed by atoms with van der Waals surface area (Å²) in [5.74, 6) is -0.631. The first kappa shape index (κ1) is 26.4. The maximum absolute atomic E-state index is 13.6. The summed E-state index contributed by atoms with van der Waals surface area (Å²) >= 11 is 0. The summed E-state index contributed by atoms with van der Waals surface area (Å²) in [5, 5.41) is 5.51. The Kier molecular flexibility index (Phi) is 8.03. The third-order valence-corrected chi connectivity index (χ3v) is 6.04.